The molecule has 1 aromatic heterocycles. The van der Waals surface area contributed by atoms with Gasteiger partial charge >= 0.3 is 5.97 Å². The maximum absolute atomic E-state index is 11.2. The zero-order valence-corrected chi connectivity index (χ0v) is 12.4. The molecule has 0 fully saturated rings. The molecular formula is C13H13BrN2O3. The second-order valence-corrected chi connectivity index (χ2v) is 5.09. The largest absolute Gasteiger partial charge is 0.478 e. The number of benzene rings is 1. The number of ether oxygens (including phenoxy) is 1. The van der Waals surface area contributed by atoms with E-state index in [0.717, 1.165) is 11.4 Å². The van der Waals surface area contributed by atoms with E-state index < -0.39 is 5.97 Å². The third-order valence-corrected chi connectivity index (χ3v) is 3.32. The Morgan fingerprint density at radius 1 is 1.42 bits per heavy atom. The normalized spacial score (nSPS) is 10.5. The number of nitrogens with zero attached hydrogens (tertiary/aromatic N) is 2. The molecule has 100 valence electrons. The highest BCUT2D eigenvalue weighted by Crippen LogP contribution is 2.31. The Kier molecular flexibility index (Phi) is 3.61. The second kappa shape index (κ2) is 5.05. The van der Waals surface area contributed by atoms with E-state index in [1.54, 1.807) is 16.8 Å². The van der Waals surface area contributed by atoms with Gasteiger partial charge in [0.2, 0.25) is 0 Å². The number of carboxylic acids is 1. The van der Waals surface area contributed by atoms with Crippen LogP contribution in [0, 0.1) is 13.8 Å². The van der Waals surface area contributed by atoms with Crippen molar-refractivity contribution in [2.45, 2.75) is 13.8 Å². The lowest BCUT2D eigenvalue weighted by atomic mass is 10.2. The lowest BCUT2D eigenvalue weighted by Crippen LogP contribution is -2.01. The van der Waals surface area contributed by atoms with Crippen LogP contribution in [0.3, 0.4) is 0 Å². The third kappa shape index (κ3) is 2.63. The standard InChI is InChI=1S/C13H13BrN2O3/c1-7-12(8(2)16(3)15-7)19-11-5-4-9(14)6-10(11)13(17)18/h4-6H,1-3H3,(H,17,18). The molecule has 0 amide bonds. The van der Waals surface area contributed by atoms with Gasteiger partial charge < -0.3 is 9.84 Å². The molecule has 1 aromatic carbocycles. The van der Waals surface area contributed by atoms with Gasteiger partial charge in [-0.3, -0.25) is 4.68 Å². The summed E-state index contributed by atoms with van der Waals surface area (Å²) in [6, 6.07) is 4.88. The molecule has 5 nitrogen and oxygen atoms in total. The minimum absolute atomic E-state index is 0.108. The number of hydrogen-bond acceptors (Lipinski definition) is 3. The highest BCUT2D eigenvalue weighted by atomic mass is 79.9. The van der Waals surface area contributed by atoms with Crippen LogP contribution in [-0.4, -0.2) is 20.9 Å². The van der Waals surface area contributed by atoms with E-state index in [0.29, 0.717) is 16.0 Å². The summed E-state index contributed by atoms with van der Waals surface area (Å²) >= 11 is 3.25. The van der Waals surface area contributed by atoms with Gasteiger partial charge in [0.25, 0.3) is 0 Å². The van der Waals surface area contributed by atoms with Crippen LogP contribution < -0.4 is 4.74 Å². The van der Waals surface area contributed by atoms with E-state index >= 15 is 0 Å². The second-order valence-electron chi connectivity index (χ2n) is 4.17. The van der Waals surface area contributed by atoms with Crippen molar-refractivity contribution in [2.24, 2.45) is 7.05 Å². The molecule has 2 aromatic rings. The first-order valence-corrected chi connectivity index (χ1v) is 6.40. The van der Waals surface area contributed by atoms with Gasteiger partial charge in [0.05, 0.1) is 5.69 Å². The Labute approximate surface area is 118 Å². The van der Waals surface area contributed by atoms with Gasteiger partial charge in [-0.2, -0.15) is 5.10 Å². The molecule has 0 radical (unpaired) electrons. The smallest absolute Gasteiger partial charge is 0.339 e. The molecule has 1 N–H and O–H groups in total. The van der Waals surface area contributed by atoms with Crippen molar-refractivity contribution in [3.05, 3.63) is 39.6 Å². The van der Waals surface area contributed by atoms with Crippen molar-refractivity contribution in [3.8, 4) is 11.5 Å². The molecule has 0 aliphatic rings. The molecule has 0 bridgehead atoms. The predicted octanol–water partition coefficient (Wildman–Crippen LogP) is 3.29. The number of aromatic nitrogens is 2. The first-order valence-electron chi connectivity index (χ1n) is 5.61. The lowest BCUT2D eigenvalue weighted by Gasteiger charge is -2.09. The van der Waals surface area contributed by atoms with Gasteiger partial charge in [-0.25, -0.2) is 4.79 Å². The molecule has 0 atom stereocenters. The summed E-state index contributed by atoms with van der Waals surface area (Å²) in [6.45, 7) is 3.69. The van der Waals surface area contributed by atoms with Crippen LogP contribution in [0.2, 0.25) is 0 Å². The first-order chi connectivity index (χ1) is 8.90. The molecular weight excluding hydrogens is 312 g/mol. The molecule has 0 saturated carbocycles. The summed E-state index contributed by atoms with van der Waals surface area (Å²) in [6.07, 6.45) is 0. The summed E-state index contributed by atoms with van der Waals surface area (Å²) in [5.74, 6) is -0.141. The van der Waals surface area contributed by atoms with E-state index in [-0.39, 0.29) is 5.56 Å². The number of carboxylic acid groups (broad SMARTS) is 1. The van der Waals surface area contributed by atoms with Crippen molar-refractivity contribution in [3.63, 3.8) is 0 Å². The van der Waals surface area contributed by atoms with Crippen LogP contribution in [0.15, 0.2) is 22.7 Å². The average molecular weight is 325 g/mol. The third-order valence-electron chi connectivity index (χ3n) is 2.83. The Bertz CT molecular complexity index is 650. The van der Waals surface area contributed by atoms with E-state index in [9.17, 15) is 9.90 Å². The monoisotopic (exact) mass is 324 g/mol. The summed E-state index contributed by atoms with van der Waals surface area (Å²) in [5, 5.41) is 13.4. The van der Waals surface area contributed by atoms with Crippen molar-refractivity contribution < 1.29 is 14.6 Å². The van der Waals surface area contributed by atoms with Crippen molar-refractivity contribution >= 4 is 21.9 Å². The maximum Gasteiger partial charge on any atom is 0.339 e. The highest BCUT2D eigenvalue weighted by molar-refractivity contribution is 9.10. The molecule has 19 heavy (non-hydrogen) atoms. The zero-order valence-electron chi connectivity index (χ0n) is 10.8. The quantitative estimate of drug-likeness (QED) is 0.940. The number of aromatic carboxylic acids is 1. The van der Waals surface area contributed by atoms with E-state index in [1.807, 2.05) is 20.9 Å². The van der Waals surface area contributed by atoms with Gasteiger partial charge in [-0.15, -0.1) is 0 Å². The number of carbonyl (C=O) groups is 1. The number of aryl methyl sites for hydroxylation is 2. The molecule has 0 saturated heterocycles. The number of rotatable bonds is 3. The van der Waals surface area contributed by atoms with Gasteiger partial charge in [0.1, 0.15) is 17.0 Å². The first kappa shape index (κ1) is 13.6. The lowest BCUT2D eigenvalue weighted by molar-refractivity contribution is 0.0694. The Morgan fingerprint density at radius 2 is 2.11 bits per heavy atom. The predicted molar refractivity (Wildman–Crippen MR) is 73.9 cm³/mol. The van der Waals surface area contributed by atoms with Crippen LogP contribution in [-0.2, 0) is 7.05 Å². The topological polar surface area (TPSA) is 64.4 Å². The minimum Gasteiger partial charge on any atom is -0.478 e. The van der Waals surface area contributed by atoms with Crippen LogP contribution in [0.25, 0.3) is 0 Å². The number of halogens is 1. The van der Waals surface area contributed by atoms with E-state index in [4.69, 9.17) is 4.74 Å². The Balaban J connectivity index is 2.46. The SMILES string of the molecule is Cc1nn(C)c(C)c1Oc1ccc(Br)cc1C(=O)O. The van der Waals surface area contributed by atoms with Crippen molar-refractivity contribution in [2.75, 3.05) is 0 Å². The summed E-state index contributed by atoms with van der Waals surface area (Å²) in [5.41, 5.74) is 1.67. The van der Waals surface area contributed by atoms with E-state index in [2.05, 4.69) is 21.0 Å². The molecule has 2 rings (SSSR count). The molecule has 0 aliphatic heterocycles. The fraction of sp³-hybridized carbons (Fsp3) is 0.231. The fourth-order valence-electron chi connectivity index (χ4n) is 1.77. The molecule has 0 unspecified atom stereocenters. The highest BCUT2D eigenvalue weighted by Gasteiger charge is 2.17. The van der Waals surface area contributed by atoms with Gasteiger partial charge in [0, 0.05) is 11.5 Å². The van der Waals surface area contributed by atoms with E-state index in [1.165, 1.54) is 6.07 Å². The Morgan fingerprint density at radius 3 is 2.63 bits per heavy atom. The van der Waals surface area contributed by atoms with Gasteiger partial charge in [0.15, 0.2) is 5.75 Å². The maximum atomic E-state index is 11.2. The van der Waals surface area contributed by atoms with Gasteiger partial charge in [-0.1, -0.05) is 15.9 Å². The molecule has 0 spiro atoms. The fourth-order valence-corrected chi connectivity index (χ4v) is 2.13. The van der Waals surface area contributed by atoms with Crippen LogP contribution in [0.4, 0.5) is 0 Å². The summed E-state index contributed by atoms with van der Waals surface area (Å²) < 4.78 is 8.11. The molecule has 0 aliphatic carbocycles. The van der Waals surface area contributed by atoms with Crippen LogP contribution in [0.1, 0.15) is 21.7 Å². The van der Waals surface area contributed by atoms with Crippen molar-refractivity contribution in [1.82, 2.24) is 9.78 Å². The molecule has 1 heterocycles. The zero-order chi connectivity index (χ0) is 14.2. The molecule has 6 heteroatoms. The van der Waals surface area contributed by atoms with Crippen LogP contribution in [0.5, 0.6) is 11.5 Å². The summed E-state index contributed by atoms with van der Waals surface area (Å²) in [4.78, 5) is 11.2. The van der Waals surface area contributed by atoms with Crippen molar-refractivity contribution in [1.29, 1.82) is 0 Å². The van der Waals surface area contributed by atoms with Gasteiger partial charge in [-0.05, 0) is 32.0 Å². The summed E-state index contributed by atoms with van der Waals surface area (Å²) in [7, 11) is 1.81. The van der Waals surface area contributed by atoms with Crippen LogP contribution >= 0.6 is 15.9 Å². The number of hydrogen-bond donors (Lipinski definition) is 1. The Hall–Kier alpha value is -1.82. The average Bonchev–Trinajstić information content (AvgIpc) is 2.57. The minimum atomic E-state index is -1.03.